The molecule has 2 atom stereocenters. The van der Waals surface area contributed by atoms with Gasteiger partial charge in [0.2, 0.25) is 0 Å². The van der Waals surface area contributed by atoms with Crippen molar-refractivity contribution in [2.75, 3.05) is 16.8 Å². The van der Waals surface area contributed by atoms with Crippen LogP contribution in [0.5, 0.6) is 0 Å². The molecule has 0 aliphatic carbocycles. The van der Waals surface area contributed by atoms with Crippen molar-refractivity contribution >= 4 is 23.2 Å². The Bertz CT molecular complexity index is 1190. The first-order chi connectivity index (χ1) is 16.4. The van der Waals surface area contributed by atoms with Gasteiger partial charge in [-0.05, 0) is 42.3 Å². The molecule has 174 valence electrons. The Kier molecular flexibility index (Phi) is 6.91. The number of hydrogen-bond donors (Lipinski definition) is 3. The highest BCUT2D eigenvalue weighted by Crippen LogP contribution is 2.46. The van der Waals surface area contributed by atoms with Gasteiger partial charge in [-0.15, -0.1) is 0 Å². The van der Waals surface area contributed by atoms with Gasteiger partial charge >= 0.3 is 0 Å². The fourth-order valence-electron chi connectivity index (χ4n) is 4.25. The molecule has 34 heavy (non-hydrogen) atoms. The Morgan fingerprint density at radius 1 is 1.06 bits per heavy atom. The van der Waals surface area contributed by atoms with Gasteiger partial charge in [-0.2, -0.15) is 0 Å². The lowest BCUT2D eigenvalue weighted by atomic mass is 9.82. The maximum atomic E-state index is 13.6. The number of fused-ring (bicyclic) bond motifs is 1. The Hall–Kier alpha value is -3.74. The number of benzene rings is 3. The van der Waals surface area contributed by atoms with Crippen LogP contribution in [0.15, 0.2) is 91.0 Å². The maximum absolute atomic E-state index is 13.6. The van der Waals surface area contributed by atoms with Crippen LogP contribution in [0.2, 0.25) is 0 Å². The summed E-state index contributed by atoms with van der Waals surface area (Å²) in [6.45, 7) is 2.08. The van der Waals surface area contributed by atoms with Gasteiger partial charge in [0, 0.05) is 29.3 Å². The number of rotatable bonds is 8. The predicted octanol–water partition coefficient (Wildman–Crippen LogP) is 4.25. The van der Waals surface area contributed by atoms with Crippen molar-refractivity contribution in [3.05, 3.63) is 108 Å². The quantitative estimate of drug-likeness (QED) is 0.442. The van der Waals surface area contributed by atoms with E-state index in [0.29, 0.717) is 35.5 Å². The predicted molar refractivity (Wildman–Crippen MR) is 132 cm³/mol. The van der Waals surface area contributed by atoms with Crippen LogP contribution in [0.4, 0.5) is 11.4 Å². The van der Waals surface area contributed by atoms with Crippen molar-refractivity contribution in [2.24, 2.45) is 5.92 Å². The SMILES string of the molecule is C[C@@H](/C=C/CCO)[C@]1(O)C(=O)N(Cc2ccccc2)c2ccc(NC(=O)c3ccccc3)cc21. The van der Waals surface area contributed by atoms with Gasteiger partial charge in [-0.3, -0.25) is 9.59 Å². The number of anilines is 2. The van der Waals surface area contributed by atoms with Gasteiger partial charge in [0.15, 0.2) is 5.60 Å². The molecule has 6 heteroatoms. The molecule has 2 amide bonds. The summed E-state index contributed by atoms with van der Waals surface area (Å²) in [7, 11) is 0. The van der Waals surface area contributed by atoms with E-state index in [1.54, 1.807) is 66.4 Å². The highest BCUT2D eigenvalue weighted by molar-refractivity contribution is 6.09. The van der Waals surface area contributed by atoms with Gasteiger partial charge in [0.1, 0.15) is 0 Å². The molecule has 3 aromatic rings. The summed E-state index contributed by atoms with van der Waals surface area (Å²) in [6.07, 6.45) is 3.94. The van der Waals surface area contributed by atoms with Crippen molar-refractivity contribution in [2.45, 2.75) is 25.5 Å². The Labute approximate surface area is 199 Å². The van der Waals surface area contributed by atoms with Crippen molar-refractivity contribution in [1.82, 2.24) is 0 Å². The first-order valence-corrected chi connectivity index (χ1v) is 11.3. The van der Waals surface area contributed by atoms with E-state index in [1.165, 1.54) is 0 Å². The second-order valence-corrected chi connectivity index (χ2v) is 8.42. The summed E-state index contributed by atoms with van der Waals surface area (Å²) in [4.78, 5) is 27.9. The van der Waals surface area contributed by atoms with Crippen LogP contribution in [0.1, 0.15) is 34.8 Å². The third-order valence-corrected chi connectivity index (χ3v) is 6.13. The van der Waals surface area contributed by atoms with Crippen molar-refractivity contribution in [1.29, 1.82) is 0 Å². The average molecular weight is 457 g/mol. The number of aliphatic hydroxyl groups is 2. The monoisotopic (exact) mass is 456 g/mol. The molecule has 0 spiro atoms. The maximum Gasteiger partial charge on any atom is 0.264 e. The molecule has 1 aliphatic heterocycles. The minimum atomic E-state index is -1.80. The molecular weight excluding hydrogens is 428 g/mol. The zero-order chi connectivity index (χ0) is 24.1. The molecule has 0 unspecified atom stereocenters. The molecule has 0 saturated carbocycles. The molecule has 1 heterocycles. The van der Waals surface area contributed by atoms with E-state index < -0.39 is 17.4 Å². The van der Waals surface area contributed by atoms with E-state index in [9.17, 15) is 14.7 Å². The third kappa shape index (κ3) is 4.51. The summed E-state index contributed by atoms with van der Waals surface area (Å²) < 4.78 is 0. The van der Waals surface area contributed by atoms with Gasteiger partial charge in [-0.25, -0.2) is 0 Å². The van der Waals surface area contributed by atoms with Crippen LogP contribution < -0.4 is 10.2 Å². The molecule has 3 N–H and O–H groups in total. The van der Waals surface area contributed by atoms with E-state index in [2.05, 4.69) is 5.32 Å². The molecule has 0 saturated heterocycles. The Morgan fingerprint density at radius 2 is 1.74 bits per heavy atom. The highest BCUT2D eigenvalue weighted by Gasteiger charge is 2.52. The van der Waals surface area contributed by atoms with E-state index >= 15 is 0 Å². The summed E-state index contributed by atoms with van der Waals surface area (Å²) in [5, 5.41) is 23.8. The van der Waals surface area contributed by atoms with Gasteiger partial charge < -0.3 is 20.4 Å². The first kappa shape index (κ1) is 23.4. The second-order valence-electron chi connectivity index (χ2n) is 8.42. The minimum Gasteiger partial charge on any atom is -0.396 e. The van der Waals surface area contributed by atoms with Crippen LogP contribution in [0, 0.1) is 5.92 Å². The third-order valence-electron chi connectivity index (χ3n) is 6.13. The number of hydrogen-bond acceptors (Lipinski definition) is 4. The van der Waals surface area contributed by atoms with Gasteiger partial charge in [-0.1, -0.05) is 67.6 Å². The molecule has 0 fully saturated rings. The summed E-state index contributed by atoms with van der Waals surface area (Å²) >= 11 is 0. The van der Waals surface area contributed by atoms with Crippen molar-refractivity contribution in [3.8, 4) is 0 Å². The lowest BCUT2D eigenvalue weighted by Gasteiger charge is -2.28. The number of nitrogens with zero attached hydrogens (tertiary/aromatic N) is 1. The molecule has 0 aromatic heterocycles. The number of aliphatic hydroxyl groups excluding tert-OH is 1. The minimum absolute atomic E-state index is 0.0119. The lowest BCUT2D eigenvalue weighted by Crippen LogP contribution is -2.44. The fourth-order valence-corrected chi connectivity index (χ4v) is 4.25. The van der Waals surface area contributed by atoms with Crippen molar-refractivity contribution < 1.29 is 19.8 Å². The van der Waals surface area contributed by atoms with Crippen LogP contribution in [0.25, 0.3) is 0 Å². The number of carbonyl (C=O) groups is 2. The molecule has 1 aliphatic rings. The van der Waals surface area contributed by atoms with E-state index in [1.807, 2.05) is 36.4 Å². The Morgan fingerprint density at radius 3 is 2.41 bits per heavy atom. The topological polar surface area (TPSA) is 89.9 Å². The van der Waals surface area contributed by atoms with E-state index in [4.69, 9.17) is 5.11 Å². The van der Waals surface area contributed by atoms with Crippen LogP contribution in [-0.4, -0.2) is 28.6 Å². The van der Waals surface area contributed by atoms with Gasteiger partial charge in [0.25, 0.3) is 11.8 Å². The number of amides is 2. The molecule has 4 rings (SSSR count). The number of nitrogens with one attached hydrogen (secondary N) is 1. The van der Waals surface area contributed by atoms with Crippen LogP contribution in [-0.2, 0) is 16.9 Å². The standard InChI is InChI=1S/C28H28N2O4/c1-20(10-8-9-17-31)28(34)24-18-23(29-26(32)22-13-6-3-7-14-22)15-16-25(24)30(27(28)33)19-21-11-4-2-5-12-21/h2-8,10-16,18,20,31,34H,9,17,19H2,1H3,(H,29,32)/b10-8+/t20-,28+/m0/s1. The van der Waals surface area contributed by atoms with E-state index in [0.717, 1.165) is 5.56 Å². The second kappa shape index (κ2) is 10.0. The average Bonchev–Trinajstić information content (AvgIpc) is 3.07. The molecule has 0 bridgehead atoms. The Balaban J connectivity index is 1.71. The smallest absolute Gasteiger partial charge is 0.264 e. The largest absolute Gasteiger partial charge is 0.396 e. The molecular formula is C28H28N2O4. The van der Waals surface area contributed by atoms with Crippen molar-refractivity contribution in [3.63, 3.8) is 0 Å². The molecule has 6 nitrogen and oxygen atoms in total. The zero-order valence-electron chi connectivity index (χ0n) is 19.0. The van der Waals surface area contributed by atoms with Gasteiger partial charge in [0.05, 0.1) is 12.2 Å². The highest BCUT2D eigenvalue weighted by atomic mass is 16.3. The zero-order valence-corrected chi connectivity index (χ0v) is 19.0. The normalized spacial score (nSPS) is 18.2. The lowest BCUT2D eigenvalue weighted by molar-refractivity contribution is -0.139. The van der Waals surface area contributed by atoms with Crippen LogP contribution in [0.3, 0.4) is 0 Å². The van der Waals surface area contributed by atoms with Crippen LogP contribution >= 0.6 is 0 Å². The fraction of sp³-hybridized carbons (Fsp3) is 0.214. The molecule has 3 aromatic carbocycles. The molecule has 0 radical (unpaired) electrons. The first-order valence-electron chi connectivity index (χ1n) is 11.3. The summed E-state index contributed by atoms with van der Waals surface area (Å²) in [6, 6.07) is 23.6. The number of carbonyl (C=O) groups excluding carboxylic acids is 2. The summed E-state index contributed by atoms with van der Waals surface area (Å²) in [5.41, 5.74) is 1.20. The van der Waals surface area contributed by atoms with E-state index in [-0.39, 0.29) is 12.5 Å². The summed E-state index contributed by atoms with van der Waals surface area (Å²) in [5.74, 6) is -1.24.